The van der Waals surface area contributed by atoms with Crippen LogP contribution in [0.25, 0.3) is 0 Å². The van der Waals surface area contributed by atoms with E-state index in [2.05, 4.69) is 15.6 Å². The van der Waals surface area contributed by atoms with Crippen molar-refractivity contribution in [3.05, 3.63) is 59.0 Å². The molecule has 0 unspecified atom stereocenters. The third-order valence-electron chi connectivity index (χ3n) is 7.47. The maximum absolute atomic E-state index is 14.8. The van der Waals surface area contributed by atoms with Crippen molar-refractivity contribution in [2.45, 2.75) is 82.1 Å². The number of pyridine rings is 1. The molecular weight excluding hydrogens is 509 g/mol. The van der Waals surface area contributed by atoms with Gasteiger partial charge in [0.25, 0.3) is 0 Å². The van der Waals surface area contributed by atoms with E-state index in [4.69, 9.17) is 4.74 Å². The molecule has 0 bridgehead atoms. The van der Waals surface area contributed by atoms with Crippen molar-refractivity contribution in [3.8, 4) is 5.88 Å². The van der Waals surface area contributed by atoms with E-state index in [0.717, 1.165) is 32.4 Å². The zero-order valence-corrected chi connectivity index (χ0v) is 21.2. The SMILES string of the molecule is CC(=O)N[C@@H](Cc1cccc(F)c1)[C@H](O)CN[C@H]1CC2(CCC2)Oc2ncc([C@@H](F)[C@@H](C)C(F)(F)F)cc21. The number of aliphatic hydroxyl groups excluding tert-OH is 1. The molecule has 1 aliphatic carbocycles. The molecule has 1 aliphatic heterocycles. The summed E-state index contributed by atoms with van der Waals surface area (Å²) >= 11 is 0. The molecule has 1 saturated carbocycles. The summed E-state index contributed by atoms with van der Waals surface area (Å²) in [6, 6.07) is 6.01. The summed E-state index contributed by atoms with van der Waals surface area (Å²) < 4.78 is 74.0. The van der Waals surface area contributed by atoms with Crippen LogP contribution in [0.2, 0.25) is 0 Å². The van der Waals surface area contributed by atoms with Crippen LogP contribution >= 0.6 is 0 Å². The predicted molar refractivity (Wildman–Crippen MR) is 130 cm³/mol. The molecule has 1 aromatic heterocycles. The second-order valence-corrected chi connectivity index (χ2v) is 10.4. The number of fused-ring (bicyclic) bond motifs is 1. The Bertz CT molecular complexity index is 1140. The summed E-state index contributed by atoms with van der Waals surface area (Å²) in [4.78, 5) is 16.0. The van der Waals surface area contributed by atoms with E-state index in [1.807, 2.05) is 0 Å². The van der Waals surface area contributed by atoms with Gasteiger partial charge in [-0.2, -0.15) is 13.2 Å². The second kappa shape index (κ2) is 11.1. The van der Waals surface area contributed by atoms with Crippen LogP contribution in [0.3, 0.4) is 0 Å². The molecule has 11 heteroatoms. The number of ether oxygens (including phenoxy) is 1. The average molecular weight is 542 g/mol. The van der Waals surface area contributed by atoms with Crippen LogP contribution < -0.4 is 15.4 Å². The fraction of sp³-hybridized carbons (Fsp3) is 0.556. The van der Waals surface area contributed by atoms with Crippen LogP contribution in [0.1, 0.15) is 68.4 Å². The highest BCUT2D eigenvalue weighted by Crippen LogP contribution is 2.49. The lowest BCUT2D eigenvalue weighted by atomic mass is 9.73. The molecule has 4 rings (SSSR count). The summed E-state index contributed by atoms with van der Waals surface area (Å²) in [5.41, 5.74) is 0.341. The third kappa shape index (κ3) is 6.43. The van der Waals surface area contributed by atoms with Crippen molar-refractivity contribution in [3.63, 3.8) is 0 Å². The van der Waals surface area contributed by atoms with Crippen LogP contribution in [-0.4, -0.2) is 46.5 Å². The molecule has 2 heterocycles. The first-order valence-electron chi connectivity index (χ1n) is 12.7. The number of aromatic nitrogens is 1. The number of rotatable bonds is 9. The topological polar surface area (TPSA) is 83.5 Å². The zero-order valence-electron chi connectivity index (χ0n) is 21.2. The maximum atomic E-state index is 14.8. The van der Waals surface area contributed by atoms with Crippen molar-refractivity contribution >= 4 is 5.91 Å². The van der Waals surface area contributed by atoms with E-state index in [9.17, 15) is 31.9 Å². The van der Waals surface area contributed by atoms with Crippen molar-refractivity contribution < 1.29 is 36.6 Å². The zero-order chi connectivity index (χ0) is 27.7. The summed E-state index contributed by atoms with van der Waals surface area (Å²) in [5.74, 6) is -2.77. The Labute approximate surface area is 218 Å². The van der Waals surface area contributed by atoms with Gasteiger partial charge in [0.15, 0.2) is 0 Å². The molecule has 2 aliphatic rings. The van der Waals surface area contributed by atoms with E-state index in [1.165, 1.54) is 25.1 Å². The van der Waals surface area contributed by atoms with Gasteiger partial charge in [-0.25, -0.2) is 13.8 Å². The summed E-state index contributed by atoms with van der Waals surface area (Å²) in [5, 5.41) is 16.9. The molecule has 3 N–H and O–H groups in total. The second-order valence-electron chi connectivity index (χ2n) is 10.4. The summed E-state index contributed by atoms with van der Waals surface area (Å²) in [6.45, 7) is 2.11. The van der Waals surface area contributed by atoms with Gasteiger partial charge in [-0.05, 0) is 49.4 Å². The largest absolute Gasteiger partial charge is 0.471 e. The van der Waals surface area contributed by atoms with Crippen molar-refractivity contribution in [2.75, 3.05) is 6.54 Å². The number of nitrogens with zero attached hydrogens (tertiary/aromatic N) is 1. The molecule has 208 valence electrons. The van der Waals surface area contributed by atoms with E-state index in [1.54, 1.807) is 12.1 Å². The average Bonchev–Trinajstić information content (AvgIpc) is 2.83. The number of carbonyl (C=O) groups excluding carboxylic acids is 1. The Morgan fingerprint density at radius 3 is 2.63 bits per heavy atom. The van der Waals surface area contributed by atoms with Gasteiger partial charge in [0.1, 0.15) is 17.6 Å². The highest BCUT2D eigenvalue weighted by atomic mass is 19.4. The molecule has 1 amide bonds. The lowest BCUT2D eigenvalue weighted by Crippen LogP contribution is -2.52. The van der Waals surface area contributed by atoms with E-state index in [0.29, 0.717) is 17.5 Å². The van der Waals surface area contributed by atoms with Crippen molar-refractivity contribution in [1.82, 2.24) is 15.6 Å². The molecule has 2 aromatic rings. The fourth-order valence-corrected chi connectivity index (χ4v) is 5.08. The monoisotopic (exact) mass is 541 g/mol. The minimum atomic E-state index is -4.70. The van der Waals surface area contributed by atoms with Gasteiger partial charge in [0.05, 0.1) is 18.1 Å². The number of benzene rings is 1. The first-order valence-corrected chi connectivity index (χ1v) is 12.7. The molecule has 0 saturated heterocycles. The Kier molecular flexibility index (Phi) is 8.27. The van der Waals surface area contributed by atoms with Gasteiger partial charge in [0, 0.05) is 43.3 Å². The fourth-order valence-electron chi connectivity index (χ4n) is 5.08. The number of halogens is 5. The number of nitrogens with one attached hydrogen (secondary N) is 2. The Morgan fingerprint density at radius 2 is 2.03 bits per heavy atom. The molecule has 38 heavy (non-hydrogen) atoms. The number of aliphatic hydroxyl groups is 1. The van der Waals surface area contributed by atoms with Crippen LogP contribution in [-0.2, 0) is 11.2 Å². The standard InChI is InChI=1S/C27H32F5N3O3/c1-15(27(30,31)32)24(29)18-11-20-22(12-26(7-4-8-26)38-25(20)34-13-18)33-14-23(37)21(35-16(2)36)10-17-5-3-6-19(28)9-17/h3,5-6,9,11,13,15,21-24,33,37H,4,7-8,10,12,14H2,1-2H3,(H,35,36)/t15-,21+,22+,23-,24+/m1/s1. The van der Waals surface area contributed by atoms with Gasteiger partial charge in [-0.3, -0.25) is 4.79 Å². The molecule has 1 fully saturated rings. The molecule has 6 nitrogen and oxygen atoms in total. The Morgan fingerprint density at radius 1 is 1.29 bits per heavy atom. The van der Waals surface area contributed by atoms with Crippen molar-refractivity contribution in [2.24, 2.45) is 5.92 Å². The lowest BCUT2D eigenvalue weighted by molar-refractivity contribution is -0.186. The van der Waals surface area contributed by atoms with Gasteiger partial charge < -0.3 is 20.5 Å². The molecular formula is C27H32F5N3O3. The van der Waals surface area contributed by atoms with Crippen LogP contribution in [0.15, 0.2) is 36.5 Å². The van der Waals surface area contributed by atoms with Gasteiger partial charge in [-0.1, -0.05) is 19.1 Å². The summed E-state index contributed by atoms with van der Waals surface area (Å²) in [7, 11) is 0. The van der Waals surface area contributed by atoms with E-state index < -0.39 is 47.9 Å². The minimum Gasteiger partial charge on any atom is -0.471 e. The molecule has 1 aromatic carbocycles. The van der Waals surface area contributed by atoms with Crippen LogP contribution in [0.4, 0.5) is 22.0 Å². The number of hydrogen-bond acceptors (Lipinski definition) is 5. The predicted octanol–water partition coefficient (Wildman–Crippen LogP) is 4.87. The van der Waals surface area contributed by atoms with E-state index in [-0.39, 0.29) is 30.3 Å². The Balaban J connectivity index is 1.53. The molecule has 1 spiro atoms. The summed E-state index contributed by atoms with van der Waals surface area (Å²) in [6.07, 6.45) is -3.84. The quantitative estimate of drug-likeness (QED) is 0.395. The molecule has 0 radical (unpaired) electrons. The Hall–Kier alpha value is -2.79. The van der Waals surface area contributed by atoms with E-state index >= 15 is 0 Å². The number of hydrogen-bond donors (Lipinski definition) is 3. The number of alkyl halides is 4. The van der Waals surface area contributed by atoms with Gasteiger partial charge >= 0.3 is 6.18 Å². The minimum absolute atomic E-state index is 0.00266. The highest BCUT2D eigenvalue weighted by molar-refractivity contribution is 5.73. The van der Waals surface area contributed by atoms with Crippen LogP contribution in [0.5, 0.6) is 5.88 Å². The first kappa shape index (κ1) is 28.2. The smallest absolute Gasteiger partial charge is 0.394 e. The third-order valence-corrected chi connectivity index (χ3v) is 7.47. The highest BCUT2D eigenvalue weighted by Gasteiger charge is 2.47. The molecule has 5 atom stereocenters. The van der Waals surface area contributed by atoms with Crippen molar-refractivity contribution in [1.29, 1.82) is 0 Å². The van der Waals surface area contributed by atoms with Gasteiger partial charge in [0.2, 0.25) is 11.8 Å². The maximum Gasteiger partial charge on any atom is 0.394 e. The van der Waals surface area contributed by atoms with Gasteiger partial charge in [-0.15, -0.1) is 0 Å². The number of carbonyl (C=O) groups is 1. The normalized spacial score (nSPS) is 21.4. The lowest BCUT2D eigenvalue weighted by Gasteiger charge is -2.47. The first-order chi connectivity index (χ1) is 17.9. The number of amides is 1. The van der Waals surface area contributed by atoms with Crippen LogP contribution in [0, 0.1) is 11.7 Å².